The SMILES string of the molecule is C=CCC1C=C(C)CC(C)CC(OC)C2OC(O)(C(=O)C(=O)N3CCCCC3C(=O)OC(C(C)=CC3CCC(N(C)c4ccc5c(ccn5C5CC5)c4)C(OC)C3)C(C)CCC1=O)C(C)CC2OC. The molecule has 1 amide bonds. The quantitative estimate of drug-likeness (QED) is 0.138. The Morgan fingerprint density at radius 3 is 2.35 bits per heavy atom. The molecule has 3 aliphatic heterocycles. The number of aliphatic hydroxyl groups is 1. The van der Waals surface area contributed by atoms with Crippen molar-refractivity contribution in [3.63, 3.8) is 0 Å². The zero-order valence-corrected chi connectivity index (χ0v) is 42.9. The van der Waals surface area contributed by atoms with Crippen LogP contribution in [-0.2, 0) is 42.9 Å². The molecule has 4 heterocycles. The number of ether oxygens (including phenoxy) is 5. The molecule has 7 rings (SSSR count). The standard InChI is InChI=1S/C56H81N3O10/c1-11-14-41-28-34(2)27-35(3)29-49(66-9)52-50(67-10)31-38(6)56(64,69-52)53(61)54(62)59-25-13-12-15-46(59)55(63)68-51(36(4)16-23-47(41)60)37(5)30-39-17-21-45(48(32-39)65-8)57(7)43-20-22-44-40(33-43)24-26-58(44)42-18-19-42/h11,20,22,24,26,28,30,33,35-36,38-39,41-42,45-46,48-52,64H,1,12-19,21,23,25,27,29,31-32H2,2-10H3. The number of Topliss-reactive ketones (excluding diaryl/α,β-unsaturated/α-hetero) is 2. The molecular weight excluding hydrogens is 875 g/mol. The van der Waals surface area contributed by atoms with Gasteiger partial charge in [-0.05, 0) is 145 Å². The van der Waals surface area contributed by atoms with Gasteiger partial charge in [0, 0.05) is 82.0 Å². The largest absolute Gasteiger partial charge is 0.456 e. The molecule has 5 aliphatic rings. The van der Waals surface area contributed by atoms with Gasteiger partial charge in [0.05, 0.1) is 24.4 Å². The van der Waals surface area contributed by atoms with Crippen LogP contribution in [0, 0.1) is 29.6 Å². The first-order valence-electron chi connectivity index (χ1n) is 25.9. The number of fused-ring (bicyclic) bond motifs is 4. The van der Waals surface area contributed by atoms with Crippen LogP contribution in [0.2, 0.25) is 0 Å². The molecule has 1 aromatic carbocycles. The van der Waals surface area contributed by atoms with Crippen molar-refractivity contribution in [3.8, 4) is 0 Å². The molecule has 2 bridgehead atoms. The minimum absolute atomic E-state index is 0.0485. The number of methoxy groups -OCH3 is 3. The molecule has 13 heteroatoms. The second-order valence-electron chi connectivity index (χ2n) is 21.5. The van der Waals surface area contributed by atoms with Crippen LogP contribution in [0.5, 0.6) is 0 Å². The van der Waals surface area contributed by atoms with E-state index < -0.39 is 59.8 Å². The molecule has 2 saturated carbocycles. The highest BCUT2D eigenvalue weighted by Gasteiger charge is 2.56. The number of rotatable bonds is 10. The lowest BCUT2D eigenvalue weighted by Crippen LogP contribution is -2.64. The number of allylic oxidation sites excluding steroid dienone is 4. The van der Waals surface area contributed by atoms with Crippen molar-refractivity contribution in [2.75, 3.05) is 39.8 Å². The predicted molar refractivity (Wildman–Crippen MR) is 268 cm³/mol. The summed E-state index contributed by atoms with van der Waals surface area (Å²) in [6, 6.07) is 8.69. The summed E-state index contributed by atoms with van der Waals surface area (Å²) in [7, 11) is 7.06. The summed E-state index contributed by atoms with van der Waals surface area (Å²) in [5.41, 5.74) is 4.37. The summed E-state index contributed by atoms with van der Waals surface area (Å²) in [4.78, 5) is 61.3. The molecular formula is C56H81N3O10. The summed E-state index contributed by atoms with van der Waals surface area (Å²) >= 11 is 0. The Kier molecular flexibility index (Phi) is 17.5. The van der Waals surface area contributed by atoms with Crippen molar-refractivity contribution in [2.45, 2.75) is 179 Å². The number of benzene rings is 1. The number of aromatic nitrogens is 1. The highest BCUT2D eigenvalue weighted by molar-refractivity contribution is 6.39. The van der Waals surface area contributed by atoms with Crippen LogP contribution in [0.3, 0.4) is 0 Å². The fourth-order valence-electron chi connectivity index (χ4n) is 12.1. The van der Waals surface area contributed by atoms with Gasteiger partial charge in [-0.1, -0.05) is 44.6 Å². The first kappa shape index (κ1) is 52.7. The van der Waals surface area contributed by atoms with E-state index in [0.29, 0.717) is 51.0 Å². The highest BCUT2D eigenvalue weighted by atomic mass is 16.7. The Hall–Kier alpha value is -4.14. The summed E-state index contributed by atoms with van der Waals surface area (Å²) in [6.45, 7) is 13.9. The number of anilines is 1. The van der Waals surface area contributed by atoms with Crippen molar-refractivity contribution < 1.29 is 48.0 Å². The summed E-state index contributed by atoms with van der Waals surface area (Å²) < 4.78 is 33.4. The van der Waals surface area contributed by atoms with E-state index >= 15 is 0 Å². The molecule has 0 radical (unpaired) electrons. The molecule has 1 N–H and O–H groups in total. The monoisotopic (exact) mass is 956 g/mol. The van der Waals surface area contributed by atoms with Gasteiger partial charge in [0.25, 0.3) is 11.7 Å². The fraction of sp³-hybridized carbons (Fsp3) is 0.679. The molecule has 13 nitrogen and oxygen atoms in total. The van der Waals surface area contributed by atoms with Crippen molar-refractivity contribution in [1.29, 1.82) is 0 Å². The van der Waals surface area contributed by atoms with E-state index in [0.717, 1.165) is 36.1 Å². The molecule has 1 aromatic heterocycles. The maximum atomic E-state index is 14.6. The lowest BCUT2D eigenvalue weighted by molar-refractivity contribution is -0.302. The Bertz CT molecular complexity index is 2210. The summed E-state index contributed by atoms with van der Waals surface area (Å²) in [6.07, 6.45) is 14.8. The van der Waals surface area contributed by atoms with E-state index in [1.807, 2.05) is 20.8 Å². The van der Waals surface area contributed by atoms with Crippen LogP contribution in [0.1, 0.15) is 131 Å². The number of cyclic esters (lactones) is 1. The number of amides is 1. The molecule has 69 heavy (non-hydrogen) atoms. The van der Waals surface area contributed by atoms with E-state index in [1.165, 1.54) is 28.6 Å². The maximum Gasteiger partial charge on any atom is 0.329 e. The summed E-state index contributed by atoms with van der Waals surface area (Å²) in [5, 5.41) is 13.4. The van der Waals surface area contributed by atoms with Gasteiger partial charge in [-0.15, -0.1) is 6.58 Å². The zero-order valence-electron chi connectivity index (χ0n) is 42.9. The number of hydrogen-bond donors (Lipinski definition) is 1. The number of ketones is 2. The van der Waals surface area contributed by atoms with Gasteiger partial charge < -0.3 is 43.2 Å². The Balaban J connectivity index is 1.16. The van der Waals surface area contributed by atoms with Gasteiger partial charge in [-0.25, -0.2) is 4.79 Å². The maximum absolute atomic E-state index is 14.6. The van der Waals surface area contributed by atoms with Gasteiger partial charge in [0.1, 0.15) is 24.0 Å². The van der Waals surface area contributed by atoms with E-state index in [1.54, 1.807) is 34.3 Å². The van der Waals surface area contributed by atoms with Gasteiger partial charge in [-0.2, -0.15) is 0 Å². The van der Waals surface area contributed by atoms with Crippen LogP contribution >= 0.6 is 0 Å². The number of esters is 1. The minimum Gasteiger partial charge on any atom is -0.456 e. The molecule has 2 aromatic rings. The average Bonchev–Trinajstić information content (AvgIpc) is 4.11. The van der Waals surface area contributed by atoms with Gasteiger partial charge >= 0.3 is 5.97 Å². The van der Waals surface area contributed by atoms with Gasteiger partial charge in [-0.3, -0.25) is 14.4 Å². The van der Waals surface area contributed by atoms with Crippen LogP contribution < -0.4 is 4.90 Å². The highest BCUT2D eigenvalue weighted by Crippen LogP contribution is 2.41. The van der Waals surface area contributed by atoms with E-state index in [4.69, 9.17) is 23.7 Å². The zero-order chi connectivity index (χ0) is 49.7. The third kappa shape index (κ3) is 11.8. The third-order valence-electron chi connectivity index (χ3n) is 16.3. The number of carbonyl (C=O) groups is 4. The topological polar surface area (TPSA) is 146 Å². The van der Waals surface area contributed by atoms with E-state index in [-0.39, 0.29) is 61.0 Å². The molecule has 2 aliphatic carbocycles. The van der Waals surface area contributed by atoms with Gasteiger partial charge in [0.15, 0.2) is 0 Å². The number of nitrogens with zero attached hydrogens (tertiary/aromatic N) is 3. The molecule has 2 saturated heterocycles. The van der Waals surface area contributed by atoms with Crippen molar-refractivity contribution in [2.24, 2.45) is 29.6 Å². The first-order valence-corrected chi connectivity index (χ1v) is 25.9. The average molecular weight is 956 g/mol. The van der Waals surface area contributed by atoms with Gasteiger partial charge in [0.2, 0.25) is 5.79 Å². The van der Waals surface area contributed by atoms with Crippen molar-refractivity contribution in [1.82, 2.24) is 9.47 Å². The number of hydrogen-bond acceptors (Lipinski definition) is 11. The fourth-order valence-corrected chi connectivity index (χ4v) is 12.1. The molecule has 380 valence electrons. The lowest BCUT2D eigenvalue weighted by atomic mass is 9.80. The minimum atomic E-state index is -2.48. The predicted octanol–water partition coefficient (Wildman–Crippen LogP) is 9.10. The van der Waals surface area contributed by atoms with Crippen LogP contribution in [0.25, 0.3) is 10.9 Å². The molecule has 0 spiro atoms. The lowest BCUT2D eigenvalue weighted by Gasteiger charge is -2.47. The van der Waals surface area contributed by atoms with E-state index in [9.17, 15) is 24.3 Å². The Labute approximate surface area is 410 Å². The second-order valence-corrected chi connectivity index (χ2v) is 21.5. The summed E-state index contributed by atoms with van der Waals surface area (Å²) in [5.74, 6) is -6.29. The molecule has 13 atom stereocenters. The van der Waals surface area contributed by atoms with Crippen molar-refractivity contribution >= 4 is 40.0 Å². The first-order chi connectivity index (χ1) is 33.0. The Morgan fingerprint density at radius 1 is 0.928 bits per heavy atom. The molecule has 13 unspecified atom stereocenters. The smallest absolute Gasteiger partial charge is 0.329 e. The number of likely N-dealkylation sites (N-methyl/N-ethyl adjacent to an activating group) is 1. The van der Waals surface area contributed by atoms with Crippen LogP contribution in [0.15, 0.2) is 66.4 Å². The molecule has 4 fully saturated rings. The number of piperidine rings is 1. The van der Waals surface area contributed by atoms with E-state index in [2.05, 4.69) is 72.6 Å². The second kappa shape index (κ2) is 22.9. The normalized spacial score (nSPS) is 35.2. The van der Waals surface area contributed by atoms with Crippen LogP contribution in [0.4, 0.5) is 5.69 Å². The van der Waals surface area contributed by atoms with Crippen LogP contribution in [-0.4, -0.2) is 121 Å². The number of carbonyl (C=O) groups excluding carboxylic acids is 4. The Morgan fingerprint density at radius 2 is 1.65 bits per heavy atom. The third-order valence-corrected chi connectivity index (χ3v) is 16.3. The van der Waals surface area contributed by atoms with Crippen molar-refractivity contribution in [3.05, 3.63) is 66.4 Å².